The number of nitrogens with one attached hydrogen (secondary N) is 2. The van der Waals surface area contributed by atoms with Crippen molar-refractivity contribution in [2.75, 3.05) is 44.8 Å². The van der Waals surface area contributed by atoms with Crippen LogP contribution in [0.25, 0.3) is 0 Å². The van der Waals surface area contributed by atoms with E-state index in [1.165, 1.54) is 11.1 Å². The van der Waals surface area contributed by atoms with Crippen LogP contribution in [0.5, 0.6) is 0 Å². The van der Waals surface area contributed by atoms with E-state index in [2.05, 4.69) is 40.7 Å². The molecule has 0 aliphatic carbocycles. The normalized spacial score (nSPS) is 15.7. The highest BCUT2D eigenvalue weighted by Crippen LogP contribution is 2.20. The van der Waals surface area contributed by atoms with Crippen LogP contribution in [-0.2, 0) is 16.1 Å². The molecule has 2 rings (SSSR count). The summed E-state index contributed by atoms with van der Waals surface area (Å²) in [5.74, 6) is 0.107. The minimum atomic E-state index is 0.107. The van der Waals surface area contributed by atoms with Crippen LogP contribution in [0.4, 0.5) is 5.69 Å². The highest BCUT2D eigenvalue weighted by Gasteiger charge is 2.15. The Kier molecular flexibility index (Phi) is 6.02. The molecule has 0 bridgehead atoms. The number of amides is 1. The van der Waals surface area contributed by atoms with Crippen LogP contribution in [0, 0.1) is 6.92 Å². The molecule has 1 aliphatic heterocycles. The van der Waals surface area contributed by atoms with E-state index in [1.54, 1.807) is 7.11 Å². The van der Waals surface area contributed by atoms with E-state index in [9.17, 15) is 4.79 Å². The molecular formula is C16H25N3O2. The van der Waals surface area contributed by atoms with Gasteiger partial charge in [0.2, 0.25) is 5.91 Å². The third-order valence-corrected chi connectivity index (χ3v) is 3.75. The largest absolute Gasteiger partial charge is 0.383 e. The van der Waals surface area contributed by atoms with Gasteiger partial charge in [-0.25, -0.2) is 0 Å². The molecule has 1 fully saturated rings. The van der Waals surface area contributed by atoms with Gasteiger partial charge in [0, 0.05) is 39.0 Å². The summed E-state index contributed by atoms with van der Waals surface area (Å²) in [5.41, 5.74) is 3.67. The van der Waals surface area contributed by atoms with E-state index in [4.69, 9.17) is 4.74 Å². The number of carbonyl (C=O) groups is 1. The van der Waals surface area contributed by atoms with Crippen LogP contribution >= 0.6 is 0 Å². The van der Waals surface area contributed by atoms with E-state index in [0.29, 0.717) is 6.54 Å². The number of rotatable bonds is 6. The number of aryl methyl sites for hydroxylation is 1. The fourth-order valence-electron chi connectivity index (χ4n) is 2.50. The monoisotopic (exact) mass is 291 g/mol. The number of ether oxygens (including phenoxy) is 1. The third-order valence-electron chi connectivity index (χ3n) is 3.75. The summed E-state index contributed by atoms with van der Waals surface area (Å²) >= 11 is 0. The van der Waals surface area contributed by atoms with E-state index in [0.717, 1.165) is 44.9 Å². The van der Waals surface area contributed by atoms with Crippen LogP contribution in [0.2, 0.25) is 0 Å². The molecule has 116 valence electrons. The lowest BCUT2D eigenvalue weighted by atomic mass is 10.1. The molecule has 1 amide bonds. The van der Waals surface area contributed by atoms with E-state index < -0.39 is 0 Å². The zero-order valence-corrected chi connectivity index (χ0v) is 12.9. The first-order valence-electron chi connectivity index (χ1n) is 7.51. The smallest absolute Gasteiger partial charge is 0.239 e. The highest BCUT2D eigenvalue weighted by atomic mass is 16.5. The number of carbonyl (C=O) groups excluding carboxylic acids is 1. The SMILES string of the molecule is COCCNCc1ccc(N2CCCNC(=O)C2)cc1C. The summed E-state index contributed by atoms with van der Waals surface area (Å²) in [7, 11) is 1.71. The van der Waals surface area contributed by atoms with Gasteiger partial charge in [0.15, 0.2) is 0 Å². The predicted octanol–water partition coefficient (Wildman–Crippen LogP) is 1.06. The topological polar surface area (TPSA) is 53.6 Å². The highest BCUT2D eigenvalue weighted by molar-refractivity contribution is 5.81. The molecule has 1 aliphatic rings. The van der Waals surface area contributed by atoms with Crippen molar-refractivity contribution in [1.82, 2.24) is 10.6 Å². The molecule has 5 heteroatoms. The first-order valence-corrected chi connectivity index (χ1v) is 7.51. The number of anilines is 1. The first kappa shape index (κ1) is 15.8. The molecule has 0 aromatic heterocycles. The Morgan fingerprint density at radius 3 is 3.05 bits per heavy atom. The Bertz CT molecular complexity index is 477. The second-order valence-electron chi connectivity index (χ2n) is 5.41. The second-order valence-corrected chi connectivity index (χ2v) is 5.41. The Morgan fingerprint density at radius 2 is 2.29 bits per heavy atom. The van der Waals surface area contributed by atoms with Crippen LogP contribution in [0.1, 0.15) is 17.5 Å². The van der Waals surface area contributed by atoms with Crippen LogP contribution in [0.15, 0.2) is 18.2 Å². The van der Waals surface area contributed by atoms with E-state index in [-0.39, 0.29) is 5.91 Å². The zero-order valence-electron chi connectivity index (χ0n) is 12.9. The van der Waals surface area contributed by atoms with Gasteiger partial charge in [-0.05, 0) is 36.6 Å². The van der Waals surface area contributed by atoms with Crippen molar-refractivity contribution in [3.63, 3.8) is 0 Å². The maximum atomic E-state index is 11.6. The fraction of sp³-hybridized carbons (Fsp3) is 0.562. The van der Waals surface area contributed by atoms with E-state index in [1.807, 2.05) is 0 Å². The summed E-state index contributed by atoms with van der Waals surface area (Å²) in [6.45, 7) is 6.68. The van der Waals surface area contributed by atoms with Crippen molar-refractivity contribution < 1.29 is 9.53 Å². The van der Waals surface area contributed by atoms with Crippen LogP contribution in [0.3, 0.4) is 0 Å². The lowest BCUT2D eigenvalue weighted by molar-refractivity contribution is -0.119. The van der Waals surface area contributed by atoms with Crippen molar-refractivity contribution in [2.45, 2.75) is 19.9 Å². The quantitative estimate of drug-likeness (QED) is 0.770. The molecule has 5 nitrogen and oxygen atoms in total. The van der Waals surface area contributed by atoms with E-state index >= 15 is 0 Å². The number of hydrogen-bond acceptors (Lipinski definition) is 4. The Balaban J connectivity index is 1.98. The molecule has 1 saturated heterocycles. The first-order chi connectivity index (χ1) is 10.2. The predicted molar refractivity (Wildman–Crippen MR) is 84.6 cm³/mol. The van der Waals surface area contributed by atoms with Crippen molar-refractivity contribution in [3.05, 3.63) is 29.3 Å². The van der Waals surface area contributed by atoms with Crippen molar-refractivity contribution in [3.8, 4) is 0 Å². The van der Waals surface area contributed by atoms with Gasteiger partial charge in [0.1, 0.15) is 0 Å². The molecule has 0 saturated carbocycles. The minimum absolute atomic E-state index is 0.107. The third kappa shape index (κ3) is 4.72. The molecule has 1 heterocycles. The molecule has 1 aromatic rings. The van der Waals surface area contributed by atoms with Crippen molar-refractivity contribution in [2.24, 2.45) is 0 Å². The molecule has 1 aromatic carbocycles. The summed E-state index contributed by atoms with van der Waals surface area (Å²) in [5, 5.41) is 6.26. The van der Waals surface area contributed by atoms with Gasteiger partial charge < -0.3 is 20.3 Å². The number of benzene rings is 1. The average Bonchev–Trinajstić information content (AvgIpc) is 2.69. The number of nitrogens with zero attached hydrogens (tertiary/aromatic N) is 1. The van der Waals surface area contributed by atoms with Gasteiger partial charge in [-0.15, -0.1) is 0 Å². The Hall–Kier alpha value is -1.59. The molecule has 0 spiro atoms. The van der Waals surface area contributed by atoms with Crippen molar-refractivity contribution >= 4 is 11.6 Å². The molecule has 21 heavy (non-hydrogen) atoms. The number of methoxy groups -OCH3 is 1. The fourth-order valence-corrected chi connectivity index (χ4v) is 2.50. The van der Waals surface area contributed by atoms with Gasteiger partial charge >= 0.3 is 0 Å². The maximum Gasteiger partial charge on any atom is 0.239 e. The maximum absolute atomic E-state index is 11.6. The molecule has 0 atom stereocenters. The molecule has 2 N–H and O–H groups in total. The second kappa shape index (κ2) is 8.00. The Morgan fingerprint density at radius 1 is 1.43 bits per heavy atom. The van der Waals surface area contributed by atoms with Crippen LogP contribution < -0.4 is 15.5 Å². The molecule has 0 unspecified atom stereocenters. The minimum Gasteiger partial charge on any atom is -0.383 e. The van der Waals surface area contributed by atoms with Crippen LogP contribution in [-0.4, -0.2) is 45.8 Å². The average molecular weight is 291 g/mol. The molecule has 0 radical (unpaired) electrons. The zero-order chi connectivity index (χ0) is 15.1. The summed E-state index contributed by atoms with van der Waals surface area (Å²) in [6.07, 6.45) is 0.991. The standard InChI is InChI=1S/C16H25N3O2/c1-13-10-15(19-8-3-6-18-16(20)12-19)5-4-14(13)11-17-7-9-21-2/h4-5,10,17H,3,6-9,11-12H2,1-2H3,(H,18,20). The van der Waals surface area contributed by atoms with Gasteiger partial charge in [-0.3, -0.25) is 4.79 Å². The van der Waals surface area contributed by atoms with Gasteiger partial charge in [0.05, 0.1) is 13.2 Å². The lowest BCUT2D eigenvalue weighted by Gasteiger charge is -2.22. The summed E-state index contributed by atoms with van der Waals surface area (Å²) < 4.78 is 5.02. The Labute approximate surface area is 126 Å². The van der Waals surface area contributed by atoms with Gasteiger partial charge in [0.25, 0.3) is 0 Å². The van der Waals surface area contributed by atoms with Gasteiger partial charge in [-0.2, -0.15) is 0 Å². The lowest BCUT2D eigenvalue weighted by Crippen LogP contribution is -2.33. The summed E-state index contributed by atoms with van der Waals surface area (Å²) in [6, 6.07) is 6.43. The van der Waals surface area contributed by atoms with Crippen molar-refractivity contribution in [1.29, 1.82) is 0 Å². The van der Waals surface area contributed by atoms with Gasteiger partial charge in [-0.1, -0.05) is 6.07 Å². The molecular weight excluding hydrogens is 266 g/mol. The number of hydrogen-bond donors (Lipinski definition) is 2. The summed E-state index contributed by atoms with van der Waals surface area (Å²) in [4.78, 5) is 13.8.